The highest BCUT2D eigenvalue weighted by Crippen LogP contribution is 2.28. The molecule has 0 saturated heterocycles. The average Bonchev–Trinajstić information content (AvgIpc) is 3.81. The lowest BCUT2D eigenvalue weighted by molar-refractivity contribution is -0.604. The summed E-state index contributed by atoms with van der Waals surface area (Å²) >= 11 is 0. The molecule has 11 nitrogen and oxygen atoms in total. The minimum absolute atomic E-state index is 0.182. The first kappa shape index (κ1) is 42.7. The van der Waals surface area contributed by atoms with Gasteiger partial charge in [-0.2, -0.15) is 4.57 Å². The first-order valence-electron chi connectivity index (χ1n) is 21.3. The molecule has 0 fully saturated rings. The van der Waals surface area contributed by atoms with Gasteiger partial charge in [0.05, 0.1) is 42.6 Å². The second-order valence-corrected chi connectivity index (χ2v) is 27.1. The summed E-state index contributed by atoms with van der Waals surface area (Å²) in [6.07, 6.45) is 4.57. The first-order valence-corrected chi connectivity index (χ1v) is 28.3. The third-order valence-electron chi connectivity index (χ3n) is 10.3. The van der Waals surface area contributed by atoms with Crippen molar-refractivity contribution in [1.82, 2.24) is 19.3 Å². The average molecular weight is 869 g/mol. The molecule has 13 heteroatoms. The van der Waals surface area contributed by atoms with Crippen LogP contribution in [0.1, 0.15) is 74.6 Å². The molecular formula is C50H50N7O4Si2+. The molecule has 0 unspecified atom stereocenters. The summed E-state index contributed by atoms with van der Waals surface area (Å²) < 4.78 is 16.5. The van der Waals surface area contributed by atoms with E-state index >= 15 is 0 Å². The van der Waals surface area contributed by atoms with Crippen molar-refractivity contribution in [3.63, 3.8) is 0 Å². The van der Waals surface area contributed by atoms with Crippen molar-refractivity contribution in [2.24, 2.45) is 9.98 Å². The van der Waals surface area contributed by atoms with Gasteiger partial charge in [-0.3, -0.25) is 14.6 Å². The third kappa shape index (κ3) is 9.91. The van der Waals surface area contributed by atoms with E-state index < -0.39 is 28.2 Å². The normalized spacial score (nSPS) is 12.9. The Morgan fingerprint density at radius 3 is 1.94 bits per heavy atom. The summed E-state index contributed by atoms with van der Waals surface area (Å²) in [6, 6.07) is 32.3. The summed E-state index contributed by atoms with van der Waals surface area (Å²) in [5.74, 6) is 6.84. The van der Waals surface area contributed by atoms with E-state index in [-0.39, 0.29) is 32.0 Å². The lowest BCUT2D eigenvalue weighted by atomic mass is 9.98. The number of benzene rings is 4. The molecule has 0 bridgehead atoms. The number of ether oxygens (including phenoxy) is 2. The topological polar surface area (TPSA) is 117 Å². The number of aromatic nitrogens is 5. The molecule has 0 aliphatic carbocycles. The maximum absolute atomic E-state index is 13.4. The SMILES string of the molecule is C[Si](C)(C)C#Cc1ccc2c(c1)C(c1ccccc1)=NCc1c(C(=O)OCCCCCOC(=O)n3nc[n+]4c3CN=C(c3ccccc3)c3cc(C#C[Si](C)(C)C)ccc3-4)ncn1-2. The number of fused-ring (bicyclic) bond motifs is 6. The monoisotopic (exact) mass is 868 g/mol. The summed E-state index contributed by atoms with van der Waals surface area (Å²) in [4.78, 5) is 41.4. The number of rotatable bonds is 9. The van der Waals surface area contributed by atoms with Crippen LogP contribution in [-0.4, -0.2) is 72.2 Å². The molecule has 2 aliphatic heterocycles. The van der Waals surface area contributed by atoms with Gasteiger partial charge >= 0.3 is 12.1 Å². The summed E-state index contributed by atoms with van der Waals surface area (Å²) in [5, 5.41) is 4.42. The highest BCUT2D eigenvalue weighted by Gasteiger charge is 2.32. The number of hydrogen-bond acceptors (Lipinski definition) is 8. The van der Waals surface area contributed by atoms with Crippen LogP contribution >= 0.6 is 0 Å². The number of carbonyl (C=O) groups excluding carboxylic acids is 2. The molecule has 4 heterocycles. The van der Waals surface area contributed by atoms with Crippen LogP contribution in [0.2, 0.25) is 39.3 Å². The Labute approximate surface area is 370 Å². The zero-order valence-electron chi connectivity index (χ0n) is 36.6. The molecule has 6 aromatic rings. The van der Waals surface area contributed by atoms with Gasteiger partial charge in [0, 0.05) is 38.5 Å². The zero-order valence-corrected chi connectivity index (χ0v) is 38.6. The number of imidazole rings is 1. The van der Waals surface area contributed by atoms with Crippen LogP contribution in [0.4, 0.5) is 4.79 Å². The van der Waals surface area contributed by atoms with Gasteiger partial charge in [0.25, 0.3) is 12.2 Å². The Morgan fingerprint density at radius 1 is 0.698 bits per heavy atom. The first-order chi connectivity index (χ1) is 30.3. The fourth-order valence-corrected chi connectivity index (χ4v) is 8.32. The molecule has 2 aromatic heterocycles. The van der Waals surface area contributed by atoms with Crippen LogP contribution in [-0.2, 0) is 22.6 Å². The van der Waals surface area contributed by atoms with Gasteiger partial charge in [-0.05, 0) is 60.3 Å². The van der Waals surface area contributed by atoms with Crippen molar-refractivity contribution in [2.45, 2.75) is 71.6 Å². The van der Waals surface area contributed by atoms with Gasteiger partial charge in [-0.1, -0.05) is 112 Å². The van der Waals surface area contributed by atoms with Crippen molar-refractivity contribution in [3.8, 4) is 34.3 Å². The highest BCUT2D eigenvalue weighted by atomic mass is 28.3. The molecule has 4 aromatic carbocycles. The quantitative estimate of drug-likeness (QED) is 0.0473. The Kier molecular flexibility index (Phi) is 12.3. The maximum atomic E-state index is 13.4. The van der Waals surface area contributed by atoms with Crippen molar-refractivity contribution < 1.29 is 23.6 Å². The summed E-state index contributed by atoms with van der Waals surface area (Å²) in [6.45, 7) is 14.2. The van der Waals surface area contributed by atoms with Crippen LogP contribution in [0.5, 0.6) is 0 Å². The van der Waals surface area contributed by atoms with E-state index in [0.29, 0.717) is 30.8 Å². The number of nitrogens with zero attached hydrogens (tertiary/aromatic N) is 7. The van der Waals surface area contributed by atoms with E-state index in [9.17, 15) is 9.59 Å². The standard InChI is InChI=1S/C50H50N7O4Si2/c1-62(2,3)28-24-36-20-22-42-40(30-36)46(38-16-10-7-11-17-38)51-32-44-48(53-34-55(42)44)49(58)60-26-14-9-15-27-61-50(59)57-45-33-52-47(39-18-12-8-13-19-39)41-31-37(25-29-63(4,5)6)21-23-43(41)56(45)35-54-57/h7-8,10-13,16-23,30-31,34-35H,9,14-15,26-27,32-33H2,1-6H3/q+1. The van der Waals surface area contributed by atoms with Crippen molar-refractivity contribution in [3.05, 3.63) is 160 Å². The fraction of sp³-hybridized carbons (Fsp3) is 0.260. The molecular weight excluding hydrogens is 819 g/mol. The second-order valence-electron chi connectivity index (χ2n) is 17.6. The number of carbonyl (C=O) groups is 2. The van der Waals surface area contributed by atoms with E-state index in [0.717, 1.165) is 56.2 Å². The molecule has 8 rings (SSSR count). The minimum Gasteiger partial charge on any atom is -0.461 e. The molecule has 0 amide bonds. The molecule has 0 radical (unpaired) electrons. The number of esters is 1. The van der Waals surface area contributed by atoms with E-state index in [2.05, 4.69) is 84.4 Å². The zero-order chi connectivity index (χ0) is 44.1. The predicted octanol–water partition coefficient (Wildman–Crippen LogP) is 8.52. The summed E-state index contributed by atoms with van der Waals surface area (Å²) in [5.41, 5.74) is 16.8. The highest BCUT2D eigenvalue weighted by molar-refractivity contribution is 6.84. The number of unbranched alkanes of at least 4 members (excludes halogenated alkanes) is 2. The van der Waals surface area contributed by atoms with Gasteiger partial charge in [-0.25, -0.2) is 14.6 Å². The lowest BCUT2D eigenvalue weighted by Gasteiger charge is -2.13. The molecule has 316 valence electrons. The Morgan fingerprint density at radius 2 is 1.29 bits per heavy atom. The van der Waals surface area contributed by atoms with Crippen LogP contribution in [0.25, 0.3) is 11.4 Å². The van der Waals surface area contributed by atoms with Gasteiger partial charge in [0.1, 0.15) is 34.7 Å². The van der Waals surface area contributed by atoms with Gasteiger partial charge in [0.15, 0.2) is 5.69 Å². The van der Waals surface area contributed by atoms with E-state index in [1.807, 2.05) is 94.1 Å². The van der Waals surface area contributed by atoms with Crippen LogP contribution in [0, 0.1) is 22.9 Å². The van der Waals surface area contributed by atoms with Crippen molar-refractivity contribution >= 4 is 39.6 Å². The molecule has 2 aliphatic rings. The smallest absolute Gasteiger partial charge is 0.461 e. The lowest BCUT2D eigenvalue weighted by Crippen LogP contribution is -2.36. The van der Waals surface area contributed by atoms with Crippen molar-refractivity contribution in [1.29, 1.82) is 0 Å². The number of hydrogen-bond donors (Lipinski definition) is 0. The van der Waals surface area contributed by atoms with E-state index in [1.165, 1.54) is 4.68 Å². The number of aliphatic imine (C=N–C) groups is 2. The molecule has 63 heavy (non-hydrogen) atoms. The summed E-state index contributed by atoms with van der Waals surface area (Å²) in [7, 11) is -3.18. The Balaban J connectivity index is 0.892. The molecule has 0 N–H and O–H groups in total. The van der Waals surface area contributed by atoms with E-state index in [4.69, 9.17) is 19.5 Å². The van der Waals surface area contributed by atoms with Gasteiger partial charge in [0.2, 0.25) is 0 Å². The predicted molar refractivity (Wildman–Crippen MR) is 250 cm³/mol. The van der Waals surface area contributed by atoms with Crippen molar-refractivity contribution in [2.75, 3.05) is 13.2 Å². The van der Waals surface area contributed by atoms with Crippen LogP contribution in [0.3, 0.4) is 0 Å². The molecule has 0 atom stereocenters. The molecule has 0 spiro atoms. The minimum atomic E-state index is -1.59. The largest absolute Gasteiger partial charge is 0.513 e. The maximum Gasteiger partial charge on any atom is 0.513 e. The molecule has 0 saturated carbocycles. The Bertz CT molecular complexity index is 2700. The van der Waals surface area contributed by atoms with E-state index in [1.54, 1.807) is 12.7 Å². The van der Waals surface area contributed by atoms with Gasteiger partial charge < -0.3 is 9.47 Å². The fourth-order valence-electron chi connectivity index (χ4n) is 7.28. The Hall–Kier alpha value is -6.94. The van der Waals surface area contributed by atoms with Gasteiger partial charge in [-0.15, -0.1) is 11.1 Å². The van der Waals surface area contributed by atoms with Crippen LogP contribution < -0.4 is 4.57 Å². The van der Waals surface area contributed by atoms with Crippen LogP contribution in [0.15, 0.2) is 120 Å². The third-order valence-corrected chi connectivity index (χ3v) is 12.1. The second kappa shape index (κ2) is 18.2.